The van der Waals surface area contributed by atoms with Gasteiger partial charge in [0.1, 0.15) is 11.6 Å². The summed E-state index contributed by atoms with van der Waals surface area (Å²) in [4.78, 5) is 16.1. The quantitative estimate of drug-likeness (QED) is 0.895. The van der Waals surface area contributed by atoms with Crippen molar-refractivity contribution in [2.45, 2.75) is 0 Å². The number of likely N-dealkylation sites (N-methyl/N-ethyl adjacent to an activating group) is 1. The summed E-state index contributed by atoms with van der Waals surface area (Å²) in [5.74, 6) is 0.0819. The molecule has 1 amide bonds. The molecular formula is C14H20FN3O2. The summed E-state index contributed by atoms with van der Waals surface area (Å²) in [6, 6.07) is 4.21. The Labute approximate surface area is 118 Å². The maximum absolute atomic E-state index is 13.1. The minimum absolute atomic E-state index is 0.0458. The summed E-state index contributed by atoms with van der Waals surface area (Å²) in [7, 11) is 3.52. The van der Waals surface area contributed by atoms with Gasteiger partial charge in [-0.1, -0.05) is 0 Å². The molecule has 1 aliphatic heterocycles. The standard InChI is InChI=1S/C14H20FN3O2/c1-17-5-7-18(8-6-17)14(19)10-16-12-4-3-11(15)9-13(12)20-2/h3-4,9,16H,5-8,10H2,1-2H3. The molecule has 2 rings (SSSR count). The van der Waals surface area contributed by atoms with Crippen LogP contribution in [0.3, 0.4) is 0 Å². The number of ether oxygens (including phenoxy) is 1. The molecule has 0 atom stereocenters. The Bertz CT molecular complexity index is 473. The van der Waals surface area contributed by atoms with Crippen LogP contribution in [0.25, 0.3) is 0 Å². The number of hydrogen-bond acceptors (Lipinski definition) is 4. The Morgan fingerprint density at radius 3 is 2.70 bits per heavy atom. The van der Waals surface area contributed by atoms with Crippen molar-refractivity contribution < 1.29 is 13.9 Å². The fourth-order valence-electron chi connectivity index (χ4n) is 2.15. The molecule has 20 heavy (non-hydrogen) atoms. The number of halogens is 1. The Hall–Kier alpha value is -1.82. The molecule has 1 fully saturated rings. The molecule has 6 heteroatoms. The number of carbonyl (C=O) groups is 1. The van der Waals surface area contributed by atoms with E-state index in [4.69, 9.17) is 4.74 Å². The van der Waals surface area contributed by atoms with E-state index in [0.29, 0.717) is 11.4 Å². The molecule has 1 saturated heterocycles. The molecule has 5 nitrogen and oxygen atoms in total. The van der Waals surface area contributed by atoms with Crippen LogP contribution in [0.1, 0.15) is 0 Å². The number of benzene rings is 1. The lowest BCUT2D eigenvalue weighted by molar-refractivity contribution is -0.130. The highest BCUT2D eigenvalue weighted by Gasteiger charge is 2.18. The van der Waals surface area contributed by atoms with Crippen LogP contribution in [-0.2, 0) is 4.79 Å². The van der Waals surface area contributed by atoms with Crippen LogP contribution in [0.5, 0.6) is 5.75 Å². The second-order valence-electron chi connectivity index (χ2n) is 4.88. The van der Waals surface area contributed by atoms with Crippen LogP contribution in [0.4, 0.5) is 10.1 Å². The Kier molecular flexibility index (Phi) is 4.79. The maximum Gasteiger partial charge on any atom is 0.241 e. The van der Waals surface area contributed by atoms with E-state index >= 15 is 0 Å². The van der Waals surface area contributed by atoms with Gasteiger partial charge >= 0.3 is 0 Å². The Morgan fingerprint density at radius 1 is 1.35 bits per heavy atom. The van der Waals surface area contributed by atoms with Gasteiger partial charge in [-0.05, 0) is 19.2 Å². The van der Waals surface area contributed by atoms with Crippen molar-refractivity contribution in [3.63, 3.8) is 0 Å². The lowest BCUT2D eigenvalue weighted by atomic mass is 10.2. The van der Waals surface area contributed by atoms with Crippen molar-refractivity contribution in [3.05, 3.63) is 24.0 Å². The largest absolute Gasteiger partial charge is 0.494 e. The highest BCUT2D eigenvalue weighted by Crippen LogP contribution is 2.24. The molecule has 0 bridgehead atoms. The average molecular weight is 281 g/mol. The van der Waals surface area contributed by atoms with Gasteiger partial charge in [0.25, 0.3) is 0 Å². The number of anilines is 1. The van der Waals surface area contributed by atoms with Gasteiger partial charge in [-0.2, -0.15) is 0 Å². The predicted octanol–water partition coefficient (Wildman–Crippen LogP) is 1.02. The third-order valence-corrected chi connectivity index (χ3v) is 3.45. The van der Waals surface area contributed by atoms with Crippen molar-refractivity contribution in [1.29, 1.82) is 0 Å². The van der Waals surface area contributed by atoms with Gasteiger partial charge in [0.2, 0.25) is 5.91 Å². The van der Waals surface area contributed by atoms with E-state index in [1.165, 1.54) is 19.2 Å². The molecule has 0 unspecified atom stereocenters. The van der Waals surface area contributed by atoms with E-state index in [1.807, 2.05) is 11.9 Å². The van der Waals surface area contributed by atoms with Gasteiger partial charge in [0.05, 0.1) is 19.3 Å². The molecule has 0 aromatic heterocycles. The van der Waals surface area contributed by atoms with E-state index in [1.54, 1.807) is 6.07 Å². The molecule has 1 heterocycles. The third kappa shape index (κ3) is 3.60. The first-order chi connectivity index (χ1) is 9.60. The topological polar surface area (TPSA) is 44.8 Å². The van der Waals surface area contributed by atoms with Gasteiger partial charge in [0, 0.05) is 32.2 Å². The van der Waals surface area contributed by atoms with Gasteiger partial charge in [0.15, 0.2) is 0 Å². The van der Waals surface area contributed by atoms with Crippen molar-refractivity contribution in [1.82, 2.24) is 9.80 Å². The van der Waals surface area contributed by atoms with Crippen molar-refractivity contribution in [2.24, 2.45) is 0 Å². The normalized spacial score (nSPS) is 16.1. The maximum atomic E-state index is 13.1. The summed E-state index contributed by atoms with van der Waals surface area (Å²) in [6.07, 6.45) is 0. The zero-order valence-electron chi connectivity index (χ0n) is 11.9. The van der Waals surface area contributed by atoms with E-state index in [2.05, 4.69) is 10.2 Å². The van der Waals surface area contributed by atoms with Crippen LogP contribution < -0.4 is 10.1 Å². The molecule has 1 N–H and O–H groups in total. The predicted molar refractivity (Wildman–Crippen MR) is 75.5 cm³/mol. The molecule has 0 aliphatic carbocycles. The van der Waals surface area contributed by atoms with Crippen molar-refractivity contribution >= 4 is 11.6 Å². The summed E-state index contributed by atoms with van der Waals surface area (Å²) in [6.45, 7) is 3.47. The van der Waals surface area contributed by atoms with Crippen LogP contribution >= 0.6 is 0 Å². The molecule has 0 spiro atoms. The second-order valence-corrected chi connectivity index (χ2v) is 4.88. The molecule has 1 aliphatic rings. The number of hydrogen-bond donors (Lipinski definition) is 1. The average Bonchev–Trinajstić information content (AvgIpc) is 2.46. The van der Waals surface area contributed by atoms with Crippen LogP contribution in [0, 0.1) is 5.82 Å². The van der Waals surface area contributed by atoms with Crippen LogP contribution in [0.2, 0.25) is 0 Å². The van der Waals surface area contributed by atoms with E-state index in [-0.39, 0.29) is 18.3 Å². The summed E-state index contributed by atoms with van der Waals surface area (Å²) < 4.78 is 18.2. The Balaban J connectivity index is 1.90. The summed E-state index contributed by atoms with van der Waals surface area (Å²) >= 11 is 0. The van der Waals surface area contributed by atoms with Gasteiger partial charge in [-0.15, -0.1) is 0 Å². The molecule has 0 saturated carbocycles. The molecule has 110 valence electrons. The number of amides is 1. The molecule has 0 radical (unpaired) electrons. The molecule has 1 aromatic carbocycles. The minimum atomic E-state index is -0.363. The van der Waals surface area contributed by atoms with Crippen LogP contribution in [0.15, 0.2) is 18.2 Å². The Morgan fingerprint density at radius 2 is 2.05 bits per heavy atom. The zero-order chi connectivity index (χ0) is 14.5. The summed E-state index contributed by atoms with van der Waals surface area (Å²) in [5.41, 5.74) is 0.622. The third-order valence-electron chi connectivity index (χ3n) is 3.45. The lowest BCUT2D eigenvalue weighted by Gasteiger charge is -2.32. The fraction of sp³-hybridized carbons (Fsp3) is 0.500. The van der Waals surface area contributed by atoms with Crippen molar-refractivity contribution in [3.8, 4) is 5.75 Å². The first kappa shape index (κ1) is 14.6. The van der Waals surface area contributed by atoms with E-state index < -0.39 is 0 Å². The number of nitrogens with zero attached hydrogens (tertiary/aromatic N) is 2. The van der Waals surface area contributed by atoms with Crippen LogP contribution in [-0.4, -0.2) is 62.6 Å². The number of methoxy groups -OCH3 is 1. The molecular weight excluding hydrogens is 261 g/mol. The zero-order valence-corrected chi connectivity index (χ0v) is 11.9. The van der Waals surface area contributed by atoms with Gasteiger partial charge < -0.3 is 19.9 Å². The first-order valence-corrected chi connectivity index (χ1v) is 6.64. The van der Waals surface area contributed by atoms with E-state index in [0.717, 1.165) is 26.2 Å². The SMILES string of the molecule is COc1cc(F)ccc1NCC(=O)N1CCN(C)CC1. The number of carbonyl (C=O) groups excluding carboxylic acids is 1. The number of nitrogens with one attached hydrogen (secondary N) is 1. The smallest absolute Gasteiger partial charge is 0.241 e. The highest BCUT2D eigenvalue weighted by atomic mass is 19.1. The monoisotopic (exact) mass is 281 g/mol. The first-order valence-electron chi connectivity index (χ1n) is 6.64. The number of rotatable bonds is 4. The van der Waals surface area contributed by atoms with Gasteiger partial charge in [-0.25, -0.2) is 4.39 Å². The fourth-order valence-corrected chi connectivity index (χ4v) is 2.15. The van der Waals surface area contributed by atoms with Gasteiger partial charge in [-0.3, -0.25) is 4.79 Å². The minimum Gasteiger partial charge on any atom is -0.494 e. The molecule has 1 aromatic rings. The van der Waals surface area contributed by atoms with E-state index in [9.17, 15) is 9.18 Å². The second kappa shape index (κ2) is 6.56. The lowest BCUT2D eigenvalue weighted by Crippen LogP contribution is -2.48. The highest BCUT2D eigenvalue weighted by molar-refractivity contribution is 5.81. The summed E-state index contributed by atoms with van der Waals surface area (Å²) in [5, 5.41) is 3.00. The number of piperazine rings is 1. The van der Waals surface area contributed by atoms with Crippen molar-refractivity contribution in [2.75, 3.05) is 52.2 Å².